The third-order valence-corrected chi connectivity index (χ3v) is 3.59. The van der Waals surface area contributed by atoms with Gasteiger partial charge in [-0.15, -0.1) is 11.3 Å². The van der Waals surface area contributed by atoms with Gasteiger partial charge in [-0.05, 0) is 35.8 Å². The fourth-order valence-corrected chi connectivity index (χ4v) is 2.34. The molecule has 2 heterocycles. The molecule has 0 aliphatic heterocycles. The van der Waals surface area contributed by atoms with Gasteiger partial charge in [0, 0.05) is 15.5 Å². The van der Waals surface area contributed by atoms with E-state index in [4.69, 9.17) is 0 Å². The maximum Gasteiger partial charge on any atom is 0.273 e. The lowest BCUT2D eigenvalue weighted by molar-refractivity contribution is 0.102. The van der Waals surface area contributed by atoms with Crippen LogP contribution in [-0.2, 0) is 0 Å². The number of halogens is 1. The van der Waals surface area contributed by atoms with E-state index in [0.29, 0.717) is 10.8 Å². The van der Waals surface area contributed by atoms with E-state index in [0.717, 1.165) is 15.0 Å². The first-order chi connectivity index (χ1) is 7.56. The highest BCUT2D eigenvalue weighted by Gasteiger charge is 2.11. The first-order valence-corrected chi connectivity index (χ1v) is 6.26. The summed E-state index contributed by atoms with van der Waals surface area (Å²) in [6.07, 6.45) is 1.72. The van der Waals surface area contributed by atoms with E-state index < -0.39 is 0 Å². The number of H-pyrrole nitrogens is 1. The predicted molar refractivity (Wildman–Crippen MR) is 68.0 cm³/mol. The third kappa shape index (κ3) is 2.33. The zero-order valence-corrected chi connectivity index (χ0v) is 11.2. The van der Waals surface area contributed by atoms with E-state index in [1.165, 1.54) is 11.3 Å². The van der Waals surface area contributed by atoms with Gasteiger partial charge in [0.25, 0.3) is 5.91 Å². The van der Waals surface area contributed by atoms with Crippen molar-refractivity contribution in [2.75, 3.05) is 5.32 Å². The number of aromatic amines is 1. The number of nitrogens with zero attached hydrogens (tertiary/aromatic N) is 1. The van der Waals surface area contributed by atoms with Gasteiger partial charge in [-0.2, -0.15) is 0 Å². The van der Waals surface area contributed by atoms with Crippen molar-refractivity contribution in [2.24, 2.45) is 0 Å². The molecule has 2 N–H and O–H groups in total. The fourth-order valence-electron chi connectivity index (χ4n) is 1.19. The number of hydrogen-bond donors (Lipinski definition) is 2. The Morgan fingerprint density at radius 1 is 1.56 bits per heavy atom. The molecular formula is C10H10BrN3OS. The number of amides is 1. The van der Waals surface area contributed by atoms with E-state index >= 15 is 0 Å². The summed E-state index contributed by atoms with van der Waals surface area (Å²) < 4.78 is 0.851. The number of carbonyl (C=O) groups excluding carboxylic acids is 1. The van der Waals surface area contributed by atoms with Crippen molar-refractivity contribution in [3.63, 3.8) is 0 Å². The van der Waals surface area contributed by atoms with Crippen molar-refractivity contribution in [3.05, 3.63) is 33.0 Å². The molecule has 0 unspecified atom stereocenters. The quantitative estimate of drug-likeness (QED) is 0.895. The van der Waals surface area contributed by atoms with Crippen molar-refractivity contribution < 1.29 is 4.79 Å². The summed E-state index contributed by atoms with van der Waals surface area (Å²) in [4.78, 5) is 20.0. The number of hydrogen-bond acceptors (Lipinski definition) is 3. The number of anilines is 1. The van der Waals surface area contributed by atoms with E-state index in [2.05, 4.69) is 31.2 Å². The SMILES string of the molecule is Cc1nc(NC(=O)c2cc(Br)c[nH]2)sc1C. The van der Waals surface area contributed by atoms with Gasteiger partial charge in [0.2, 0.25) is 0 Å². The fraction of sp³-hybridized carbons (Fsp3) is 0.200. The lowest BCUT2D eigenvalue weighted by Gasteiger charge is -1.97. The van der Waals surface area contributed by atoms with Gasteiger partial charge in [0.1, 0.15) is 5.69 Å². The molecule has 16 heavy (non-hydrogen) atoms. The largest absolute Gasteiger partial charge is 0.356 e. The van der Waals surface area contributed by atoms with Crippen molar-refractivity contribution in [3.8, 4) is 0 Å². The van der Waals surface area contributed by atoms with Crippen LogP contribution < -0.4 is 5.32 Å². The van der Waals surface area contributed by atoms with Crippen LogP contribution >= 0.6 is 27.3 Å². The van der Waals surface area contributed by atoms with Gasteiger partial charge in [0.15, 0.2) is 5.13 Å². The van der Waals surface area contributed by atoms with Gasteiger partial charge >= 0.3 is 0 Å². The summed E-state index contributed by atoms with van der Waals surface area (Å²) in [5, 5.41) is 3.38. The van der Waals surface area contributed by atoms with Crippen LogP contribution in [0, 0.1) is 13.8 Å². The van der Waals surface area contributed by atoms with E-state index in [1.54, 1.807) is 12.3 Å². The van der Waals surface area contributed by atoms with Crippen LogP contribution in [0.25, 0.3) is 0 Å². The Labute approximate surface area is 105 Å². The molecule has 0 saturated heterocycles. The first-order valence-electron chi connectivity index (χ1n) is 4.65. The lowest BCUT2D eigenvalue weighted by atomic mass is 10.4. The highest BCUT2D eigenvalue weighted by atomic mass is 79.9. The monoisotopic (exact) mass is 299 g/mol. The second-order valence-corrected chi connectivity index (χ2v) is 5.47. The standard InChI is InChI=1S/C10H10BrN3OS/c1-5-6(2)16-10(13-5)14-9(15)8-3-7(11)4-12-8/h3-4,12H,1-2H3,(H,13,14,15). The van der Waals surface area contributed by atoms with Crippen molar-refractivity contribution >= 4 is 38.3 Å². The van der Waals surface area contributed by atoms with Gasteiger partial charge in [-0.1, -0.05) is 0 Å². The summed E-state index contributed by atoms with van der Waals surface area (Å²) in [6, 6.07) is 1.72. The first kappa shape index (κ1) is 11.3. The maximum atomic E-state index is 11.8. The Bertz CT molecular complexity index is 512. The summed E-state index contributed by atoms with van der Waals surface area (Å²) in [5.74, 6) is -0.181. The van der Waals surface area contributed by atoms with Crippen LogP contribution in [0.2, 0.25) is 0 Å². The van der Waals surface area contributed by atoms with Gasteiger partial charge < -0.3 is 4.98 Å². The molecule has 0 spiro atoms. The zero-order valence-electron chi connectivity index (χ0n) is 8.80. The molecule has 0 saturated carbocycles. The van der Waals surface area contributed by atoms with Crippen LogP contribution in [0.5, 0.6) is 0 Å². The molecule has 1 amide bonds. The lowest BCUT2D eigenvalue weighted by Crippen LogP contribution is -2.11. The summed E-state index contributed by atoms with van der Waals surface area (Å²) in [5.41, 5.74) is 1.46. The van der Waals surface area contributed by atoms with Gasteiger partial charge in [-0.25, -0.2) is 4.98 Å². The normalized spacial score (nSPS) is 10.4. The number of nitrogens with one attached hydrogen (secondary N) is 2. The Kier molecular flexibility index (Phi) is 3.11. The molecule has 2 aromatic rings. The molecule has 4 nitrogen and oxygen atoms in total. The Morgan fingerprint density at radius 3 is 2.81 bits per heavy atom. The number of aryl methyl sites for hydroxylation is 2. The summed E-state index contributed by atoms with van der Waals surface area (Å²) >= 11 is 4.75. The van der Waals surface area contributed by atoms with Crippen LogP contribution in [0.4, 0.5) is 5.13 Å². The molecule has 0 aliphatic carbocycles. The smallest absolute Gasteiger partial charge is 0.273 e. The molecule has 2 aromatic heterocycles. The van der Waals surface area contributed by atoms with E-state index in [1.807, 2.05) is 13.8 Å². The summed E-state index contributed by atoms with van der Waals surface area (Å²) in [6.45, 7) is 3.90. The van der Waals surface area contributed by atoms with Crippen molar-refractivity contribution in [2.45, 2.75) is 13.8 Å². The minimum atomic E-state index is -0.181. The molecule has 0 aromatic carbocycles. The van der Waals surface area contributed by atoms with Crippen LogP contribution in [-0.4, -0.2) is 15.9 Å². The third-order valence-electron chi connectivity index (χ3n) is 2.14. The molecule has 0 aliphatic rings. The van der Waals surface area contributed by atoms with E-state index in [-0.39, 0.29) is 5.91 Å². The molecule has 84 valence electrons. The van der Waals surface area contributed by atoms with Crippen LogP contribution in [0.15, 0.2) is 16.7 Å². The topological polar surface area (TPSA) is 57.8 Å². The highest BCUT2D eigenvalue weighted by Crippen LogP contribution is 2.21. The molecule has 0 fully saturated rings. The van der Waals surface area contributed by atoms with Crippen LogP contribution in [0.1, 0.15) is 21.1 Å². The second-order valence-electron chi connectivity index (χ2n) is 3.35. The van der Waals surface area contributed by atoms with Crippen molar-refractivity contribution in [1.82, 2.24) is 9.97 Å². The molecule has 0 bridgehead atoms. The minimum Gasteiger partial charge on any atom is -0.356 e. The Hall–Kier alpha value is -1.14. The van der Waals surface area contributed by atoms with Crippen LogP contribution in [0.3, 0.4) is 0 Å². The minimum absolute atomic E-state index is 0.181. The second kappa shape index (κ2) is 4.39. The number of aromatic nitrogens is 2. The van der Waals surface area contributed by atoms with Gasteiger partial charge in [-0.3, -0.25) is 10.1 Å². The van der Waals surface area contributed by atoms with Gasteiger partial charge in [0.05, 0.1) is 5.69 Å². The summed E-state index contributed by atoms with van der Waals surface area (Å²) in [7, 11) is 0. The number of thiazole rings is 1. The zero-order chi connectivity index (χ0) is 11.7. The maximum absolute atomic E-state index is 11.8. The van der Waals surface area contributed by atoms with Crippen molar-refractivity contribution in [1.29, 1.82) is 0 Å². The predicted octanol–water partition coefficient (Wildman–Crippen LogP) is 3.10. The Balaban J connectivity index is 2.13. The molecule has 6 heteroatoms. The number of carbonyl (C=O) groups is 1. The average Bonchev–Trinajstić information content (AvgIpc) is 2.75. The molecule has 0 atom stereocenters. The number of rotatable bonds is 2. The van der Waals surface area contributed by atoms with E-state index in [9.17, 15) is 4.79 Å². The average molecular weight is 300 g/mol. The highest BCUT2D eigenvalue weighted by molar-refractivity contribution is 9.10. The molecule has 0 radical (unpaired) electrons. The molecular weight excluding hydrogens is 290 g/mol. The Morgan fingerprint density at radius 2 is 2.31 bits per heavy atom. The molecule has 2 rings (SSSR count).